The second-order valence-corrected chi connectivity index (χ2v) is 31.9. The van der Waals surface area contributed by atoms with E-state index in [-0.39, 0.29) is 56.2 Å². The van der Waals surface area contributed by atoms with Gasteiger partial charge in [0.15, 0.2) is 0 Å². The number of carbonyl (C=O) groups excluding carboxylic acids is 4. The predicted octanol–water partition coefficient (Wildman–Crippen LogP) is 25.6. The van der Waals surface area contributed by atoms with E-state index < -0.39 is 0 Å². The van der Waals surface area contributed by atoms with Crippen LogP contribution in [0.15, 0.2) is 256 Å². The molecule has 4 aromatic heterocycles. The number of aromatic nitrogens is 8. The van der Waals surface area contributed by atoms with E-state index >= 15 is 0 Å². The highest BCUT2D eigenvalue weighted by molar-refractivity contribution is 6.41. The van der Waals surface area contributed by atoms with E-state index in [1.165, 1.54) is 0 Å². The summed E-state index contributed by atoms with van der Waals surface area (Å²) in [7, 11) is 0. The van der Waals surface area contributed by atoms with Crippen LogP contribution in [0.25, 0.3) is 11.4 Å². The van der Waals surface area contributed by atoms with Crippen LogP contribution in [0.1, 0.15) is 112 Å². The van der Waals surface area contributed by atoms with Gasteiger partial charge in [-0.2, -0.15) is 0 Å². The first-order chi connectivity index (χ1) is 60.4. The lowest BCUT2D eigenvalue weighted by Crippen LogP contribution is -2.15. The van der Waals surface area contributed by atoms with Crippen molar-refractivity contribution in [3.05, 3.63) is 330 Å². The smallest absolute Gasteiger partial charge is 0.310 e. The van der Waals surface area contributed by atoms with Crippen LogP contribution in [0.4, 0.5) is 45.5 Å². The minimum atomic E-state index is -0.314. The lowest BCUT2D eigenvalue weighted by atomic mass is 10.1. The van der Waals surface area contributed by atoms with Crippen molar-refractivity contribution >= 4 is 162 Å². The van der Waals surface area contributed by atoms with Gasteiger partial charge in [0.1, 0.15) is 30.7 Å². The van der Waals surface area contributed by atoms with Crippen LogP contribution in [0.5, 0.6) is 0 Å². The van der Waals surface area contributed by atoms with Gasteiger partial charge in [-0.15, -0.1) is 0 Å². The Bertz CT molecular complexity index is 5410. The fraction of sp³-hybridized carbons (Fsp3) is 0.271. The van der Waals surface area contributed by atoms with Gasteiger partial charge in [-0.25, -0.2) is 19.9 Å². The van der Waals surface area contributed by atoms with Gasteiger partial charge in [-0.05, 0) is 146 Å². The van der Waals surface area contributed by atoms with Gasteiger partial charge in [0.05, 0.1) is 121 Å². The number of unbranched alkanes of at least 4 members (excludes halogenated alkanes) is 6. The molecule has 0 saturated heterocycles. The second kappa shape index (κ2) is 52.1. The molecule has 4 heterocycles. The van der Waals surface area contributed by atoms with Crippen LogP contribution in [0.2, 0.25) is 40.2 Å². The van der Waals surface area contributed by atoms with Crippen LogP contribution >= 0.6 is 92.8 Å². The predicted molar refractivity (Wildman–Crippen MR) is 503 cm³/mol. The van der Waals surface area contributed by atoms with Gasteiger partial charge in [-0.3, -0.25) is 19.2 Å². The largest absolute Gasteiger partial charge is 0.465 e. The molecule has 0 bridgehead atoms. The molecular formula is C96H100Cl8N12O8. The number of carbonyl (C=O) groups is 4. The minimum absolute atomic E-state index is 0.126. The lowest BCUT2D eigenvalue weighted by molar-refractivity contribution is -0.144. The molecular weight excluding hydrogens is 1730 g/mol. The van der Waals surface area contributed by atoms with Crippen LogP contribution in [0, 0.1) is 0 Å². The average Bonchev–Trinajstić information content (AvgIpc) is 1.23. The highest BCUT2D eigenvalue weighted by atomic mass is 35.5. The first kappa shape index (κ1) is 95.5. The Kier molecular flexibility index (Phi) is 40.1. The Labute approximate surface area is 764 Å². The number of ether oxygens (including phenoxy) is 4. The average molecular weight is 1830 g/mol. The zero-order valence-electron chi connectivity index (χ0n) is 69.1. The highest BCUT2D eigenvalue weighted by Crippen LogP contribution is 2.38. The molecule has 0 aliphatic heterocycles. The number of esters is 4. The van der Waals surface area contributed by atoms with E-state index in [0.717, 1.165) is 158 Å². The molecule has 13 rings (SSSR count). The molecule has 20 nitrogen and oxygen atoms in total. The number of benzene rings is 9. The van der Waals surface area contributed by atoms with Gasteiger partial charge in [0.2, 0.25) is 0 Å². The van der Waals surface area contributed by atoms with Gasteiger partial charge in [0.25, 0.3) is 0 Å². The summed E-state index contributed by atoms with van der Waals surface area (Å²) in [6.45, 7) is 8.80. The van der Waals surface area contributed by atoms with E-state index in [0.29, 0.717) is 95.8 Å². The Morgan fingerprint density at radius 1 is 0.315 bits per heavy atom. The Morgan fingerprint density at radius 3 is 0.992 bits per heavy atom. The van der Waals surface area contributed by atoms with Crippen molar-refractivity contribution < 1.29 is 38.1 Å². The second-order valence-electron chi connectivity index (χ2n) is 28.6. The molecule has 124 heavy (non-hydrogen) atoms. The number of para-hydroxylation sites is 8. The molecule has 0 radical (unpaired) electrons. The van der Waals surface area contributed by atoms with Crippen LogP contribution in [0.3, 0.4) is 0 Å². The van der Waals surface area contributed by atoms with Crippen molar-refractivity contribution in [3.63, 3.8) is 0 Å². The SMILES string of the molecule is CCCc1nccn1CCCCCCOC(=O)Cc1ccccc1Nc1c(Cl)cccc1Cl.CCCc1nccn1CCOC(=O)Cc1ccccc1Nc1c(Cl)cccc1Cl.O=C(Cc1ccccc1Nc1c(Cl)cccc1Cl)OCCCCCCn1ccnc1.O=C(Cc1ccccc1Nc1c(Cl)cccc1Cl)OCCn1ccnc1-c1ccccc1. The summed E-state index contributed by atoms with van der Waals surface area (Å²) in [5.41, 5.74) is 9.82. The monoisotopic (exact) mass is 1830 g/mol. The number of imidazole rings is 4. The third-order valence-electron chi connectivity index (χ3n) is 19.5. The van der Waals surface area contributed by atoms with Crippen molar-refractivity contribution in [3.8, 4) is 11.4 Å². The molecule has 0 atom stereocenters. The molecule has 13 aromatic rings. The summed E-state index contributed by atoms with van der Waals surface area (Å²) in [5.74, 6) is 1.93. The fourth-order valence-corrected chi connectivity index (χ4v) is 15.1. The zero-order chi connectivity index (χ0) is 87.6. The molecule has 28 heteroatoms. The van der Waals surface area contributed by atoms with Crippen LogP contribution in [-0.4, -0.2) is 88.5 Å². The third kappa shape index (κ3) is 31.2. The van der Waals surface area contributed by atoms with Crippen molar-refractivity contribution in [2.45, 2.75) is 143 Å². The molecule has 648 valence electrons. The molecule has 0 saturated carbocycles. The molecule has 4 N–H and O–H groups in total. The summed E-state index contributed by atoms with van der Waals surface area (Å²) < 4.78 is 30.1. The summed E-state index contributed by atoms with van der Waals surface area (Å²) >= 11 is 50.0. The van der Waals surface area contributed by atoms with Gasteiger partial charge < -0.3 is 58.5 Å². The number of aryl methyl sites for hydroxylation is 4. The van der Waals surface area contributed by atoms with Crippen molar-refractivity contribution in [1.29, 1.82) is 0 Å². The number of rotatable bonds is 41. The number of nitrogens with zero attached hydrogens (tertiary/aromatic N) is 8. The molecule has 0 unspecified atom stereocenters. The minimum Gasteiger partial charge on any atom is -0.465 e. The standard InChI is InChI=1S/C26H31Cl2N3O2.C25H21Cl2N3O2.C23H25Cl2N3O2.C22H23Cl2N3O2/c1-2-10-24-29-15-17-31(24)16-7-3-4-8-18-33-25(32)19-20-11-5-6-14-23(20)30-26-21(27)12-9-13-22(26)28;26-20-10-6-11-21(27)24(20)29-22-12-5-4-9-19(22)17-23(31)32-16-15-30-14-13-28-25(30)18-7-2-1-3-8-18;24-19-9-7-10-20(25)23(19)27-21-11-4-3-8-18(21)16-22(29)30-15-6-2-1-5-13-28-14-12-26-17-28;1-2-6-20-25-11-12-27(20)13-14-29-21(28)15-16-7-3-4-10-19(16)26-22-17(23)8-5-9-18(22)24/h5-6,9,11-15,17,30H,2-4,7-8,10,16,18-19H2,1H3;1-14,29H,15-17H2;3-4,7-12,14,17,27H,1-2,5-6,13,15-16H2;3-5,7-12,26H,2,6,13-15H2,1H3. The molecule has 9 aromatic carbocycles. The Morgan fingerprint density at radius 2 is 0.629 bits per heavy atom. The Hall–Kier alpha value is -10.8. The first-order valence-electron chi connectivity index (χ1n) is 41.2. The molecule has 0 spiro atoms. The van der Waals surface area contributed by atoms with Crippen molar-refractivity contribution in [2.75, 3.05) is 47.7 Å². The number of hydrogen-bond acceptors (Lipinski definition) is 16. The maximum atomic E-state index is 12.5. The zero-order valence-corrected chi connectivity index (χ0v) is 75.1. The number of anilines is 8. The topological polar surface area (TPSA) is 225 Å². The van der Waals surface area contributed by atoms with Gasteiger partial charge in [0, 0.05) is 104 Å². The summed E-state index contributed by atoms with van der Waals surface area (Å²) in [4.78, 5) is 66.7. The molecule has 0 aliphatic carbocycles. The van der Waals surface area contributed by atoms with Gasteiger partial charge in [-0.1, -0.05) is 247 Å². The number of nitrogens with one attached hydrogen (secondary N) is 4. The Balaban J connectivity index is 0.000000173. The van der Waals surface area contributed by atoms with E-state index in [9.17, 15) is 19.2 Å². The van der Waals surface area contributed by atoms with E-state index in [4.69, 9.17) is 112 Å². The number of hydrogen-bond donors (Lipinski definition) is 4. The molecule has 0 fully saturated rings. The first-order valence-corrected chi connectivity index (χ1v) is 44.2. The van der Waals surface area contributed by atoms with E-state index in [1.54, 1.807) is 91.4 Å². The van der Waals surface area contributed by atoms with Crippen molar-refractivity contribution in [2.24, 2.45) is 0 Å². The number of halogens is 8. The summed E-state index contributed by atoms with van der Waals surface area (Å²) in [6.07, 6.45) is 29.7. The summed E-state index contributed by atoms with van der Waals surface area (Å²) in [6, 6.07) is 61.3. The fourth-order valence-electron chi connectivity index (χ4n) is 13.1. The summed E-state index contributed by atoms with van der Waals surface area (Å²) in [5, 5.41) is 17.1. The maximum Gasteiger partial charge on any atom is 0.310 e. The quantitative estimate of drug-likeness (QED) is 0.0159. The van der Waals surface area contributed by atoms with E-state index in [2.05, 4.69) is 70.4 Å². The van der Waals surface area contributed by atoms with Crippen LogP contribution < -0.4 is 21.3 Å². The maximum absolute atomic E-state index is 12.5. The normalized spacial score (nSPS) is 10.8. The lowest BCUT2D eigenvalue weighted by Gasteiger charge is -2.14. The molecule has 0 amide bonds. The third-order valence-corrected chi connectivity index (χ3v) is 22.0. The van der Waals surface area contributed by atoms with E-state index in [1.807, 2.05) is 168 Å². The van der Waals surface area contributed by atoms with Gasteiger partial charge >= 0.3 is 23.9 Å². The highest BCUT2D eigenvalue weighted by Gasteiger charge is 2.19. The van der Waals surface area contributed by atoms with Crippen LogP contribution in [-0.2, 0) is 103 Å². The van der Waals surface area contributed by atoms with Crippen molar-refractivity contribution in [1.82, 2.24) is 38.2 Å². The molecule has 0 aliphatic rings.